The minimum Gasteiger partial charge on any atom is -0.772 e. The van der Waals surface area contributed by atoms with Crippen LogP contribution < -0.4 is 29.6 Å². The first kappa shape index (κ1) is 13.3. The van der Waals surface area contributed by atoms with Gasteiger partial charge in [-0.1, -0.05) is 40.9 Å². The van der Waals surface area contributed by atoms with E-state index in [0.29, 0.717) is 6.42 Å². The maximum Gasteiger partial charge on any atom is 1.00 e. The van der Waals surface area contributed by atoms with Crippen molar-refractivity contribution < 1.29 is 38.3 Å². The second kappa shape index (κ2) is 6.74. The van der Waals surface area contributed by atoms with Gasteiger partial charge in [-0.3, -0.25) is 4.21 Å². The molecule has 0 aliphatic heterocycles. The predicted molar refractivity (Wildman–Crippen MR) is 48.7 cm³/mol. The normalized spacial score (nSPS) is 11.8. The molecule has 1 aromatic carbocycles. The van der Waals surface area contributed by atoms with Crippen molar-refractivity contribution in [3.8, 4) is 0 Å². The summed E-state index contributed by atoms with van der Waals surface area (Å²) in [4.78, 5) is 0. The average molecular weight is 206 g/mol. The Morgan fingerprint density at radius 2 is 1.85 bits per heavy atom. The summed E-state index contributed by atoms with van der Waals surface area (Å²) < 4.78 is 20.5. The maximum absolute atomic E-state index is 10.2. The first-order valence-electron chi connectivity index (χ1n) is 3.80. The van der Waals surface area contributed by atoms with Crippen LogP contribution in [0.15, 0.2) is 24.3 Å². The Morgan fingerprint density at radius 3 is 2.31 bits per heavy atom. The third kappa shape index (κ3) is 5.60. The molecular weight excluding hydrogens is 195 g/mol. The van der Waals surface area contributed by atoms with E-state index in [0.717, 1.165) is 5.56 Å². The van der Waals surface area contributed by atoms with E-state index in [1.54, 1.807) is 0 Å². The molecule has 0 heterocycles. The van der Waals surface area contributed by atoms with E-state index in [4.69, 9.17) is 0 Å². The number of aryl methyl sites for hydroxylation is 2. The Labute approximate surface area is 103 Å². The molecule has 2 nitrogen and oxygen atoms in total. The van der Waals surface area contributed by atoms with Crippen LogP contribution in [0.4, 0.5) is 0 Å². The van der Waals surface area contributed by atoms with E-state index in [2.05, 4.69) is 0 Å². The second-order valence-corrected chi connectivity index (χ2v) is 3.76. The van der Waals surface area contributed by atoms with Crippen molar-refractivity contribution in [3.63, 3.8) is 0 Å². The van der Waals surface area contributed by atoms with E-state index >= 15 is 0 Å². The topological polar surface area (TPSA) is 40.1 Å². The third-order valence-corrected chi connectivity index (χ3v) is 2.22. The summed E-state index contributed by atoms with van der Waals surface area (Å²) in [6, 6.07) is 7.90. The molecule has 1 atom stereocenters. The van der Waals surface area contributed by atoms with Gasteiger partial charge in [0.1, 0.15) is 0 Å². The van der Waals surface area contributed by atoms with Gasteiger partial charge in [0, 0.05) is 5.75 Å². The van der Waals surface area contributed by atoms with Crippen LogP contribution in [0.5, 0.6) is 0 Å². The van der Waals surface area contributed by atoms with Crippen molar-refractivity contribution in [2.24, 2.45) is 0 Å². The first-order chi connectivity index (χ1) is 5.68. The largest absolute Gasteiger partial charge is 1.00 e. The van der Waals surface area contributed by atoms with E-state index in [1.165, 1.54) is 5.56 Å². The summed E-state index contributed by atoms with van der Waals surface area (Å²) in [5, 5.41) is 0. The quantitative estimate of drug-likeness (QED) is 0.442. The number of benzene rings is 1. The zero-order valence-electron chi connectivity index (χ0n) is 7.95. The van der Waals surface area contributed by atoms with Crippen LogP contribution in [0.1, 0.15) is 11.1 Å². The summed E-state index contributed by atoms with van der Waals surface area (Å²) in [6.07, 6.45) is 0.608. The zero-order chi connectivity index (χ0) is 8.97. The number of hydrogen-bond acceptors (Lipinski definition) is 2. The van der Waals surface area contributed by atoms with Gasteiger partial charge < -0.3 is 4.55 Å². The Balaban J connectivity index is 0.00000144. The molecule has 0 aliphatic carbocycles. The molecule has 1 rings (SSSR count). The van der Waals surface area contributed by atoms with E-state index in [9.17, 15) is 8.76 Å². The molecule has 0 fully saturated rings. The van der Waals surface area contributed by atoms with Gasteiger partial charge in [-0.15, -0.1) is 0 Å². The summed E-state index contributed by atoms with van der Waals surface area (Å²) in [5.41, 5.74) is 2.27. The predicted octanol–water partition coefficient (Wildman–Crippen LogP) is -1.58. The van der Waals surface area contributed by atoms with Crippen molar-refractivity contribution in [2.45, 2.75) is 13.3 Å². The SMILES string of the molecule is Cc1ccc(CCS(=O)[O-])cc1.[Na+]. The number of rotatable bonds is 3. The van der Waals surface area contributed by atoms with Gasteiger partial charge >= 0.3 is 29.6 Å². The molecule has 0 saturated carbocycles. The zero-order valence-corrected chi connectivity index (χ0v) is 10.8. The number of hydrogen-bond donors (Lipinski definition) is 0. The second-order valence-electron chi connectivity index (χ2n) is 2.74. The molecule has 0 bridgehead atoms. The summed E-state index contributed by atoms with van der Waals surface area (Å²) >= 11 is -1.92. The van der Waals surface area contributed by atoms with Crippen molar-refractivity contribution in [1.29, 1.82) is 0 Å². The molecule has 4 heteroatoms. The van der Waals surface area contributed by atoms with E-state index < -0.39 is 11.1 Å². The van der Waals surface area contributed by atoms with Crippen LogP contribution >= 0.6 is 0 Å². The maximum atomic E-state index is 10.2. The van der Waals surface area contributed by atoms with Gasteiger partial charge in [-0.05, 0) is 18.9 Å². The fourth-order valence-electron chi connectivity index (χ4n) is 0.956. The molecular formula is C9H11NaO2S. The van der Waals surface area contributed by atoms with Crippen molar-refractivity contribution in [1.82, 2.24) is 0 Å². The summed E-state index contributed by atoms with van der Waals surface area (Å²) in [5.74, 6) is 0.211. The van der Waals surface area contributed by atoms with Gasteiger partial charge in [0.15, 0.2) is 0 Å². The van der Waals surface area contributed by atoms with E-state index in [-0.39, 0.29) is 35.3 Å². The van der Waals surface area contributed by atoms with E-state index in [1.807, 2.05) is 31.2 Å². The molecule has 0 aromatic heterocycles. The molecule has 0 spiro atoms. The van der Waals surface area contributed by atoms with Gasteiger partial charge in [0.25, 0.3) is 0 Å². The third-order valence-electron chi connectivity index (χ3n) is 1.68. The Kier molecular flexibility index (Phi) is 6.91. The van der Waals surface area contributed by atoms with Crippen LogP contribution in [-0.2, 0) is 17.5 Å². The smallest absolute Gasteiger partial charge is 0.772 e. The van der Waals surface area contributed by atoms with Crippen LogP contribution in [0.25, 0.3) is 0 Å². The fourth-order valence-corrected chi connectivity index (χ4v) is 1.36. The van der Waals surface area contributed by atoms with Crippen molar-refractivity contribution in [3.05, 3.63) is 35.4 Å². The molecule has 0 saturated heterocycles. The van der Waals surface area contributed by atoms with Crippen LogP contribution in [0.3, 0.4) is 0 Å². The van der Waals surface area contributed by atoms with Crippen molar-refractivity contribution >= 4 is 11.1 Å². The molecule has 0 amide bonds. The van der Waals surface area contributed by atoms with Crippen LogP contribution in [0, 0.1) is 6.92 Å². The van der Waals surface area contributed by atoms with Gasteiger partial charge in [-0.25, -0.2) is 0 Å². The molecule has 0 aliphatic rings. The Bertz CT molecular complexity index is 271. The molecule has 0 radical (unpaired) electrons. The van der Waals surface area contributed by atoms with Gasteiger partial charge in [0.05, 0.1) is 0 Å². The minimum atomic E-state index is -1.92. The molecule has 13 heavy (non-hydrogen) atoms. The molecule has 1 unspecified atom stereocenters. The van der Waals surface area contributed by atoms with Crippen LogP contribution in [0.2, 0.25) is 0 Å². The van der Waals surface area contributed by atoms with Gasteiger partial charge in [-0.2, -0.15) is 0 Å². The first-order valence-corrected chi connectivity index (χ1v) is 5.04. The average Bonchev–Trinajstić information content (AvgIpc) is 2.03. The molecule has 1 aromatic rings. The van der Waals surface area contributed by atoms with Gasteiger partial charge in [0.2, 0.25) is 0 Å². The fraction of sp³-hybridized carbons (Fsp3) is 0.333. The summed E-state index contributed by atoms with van der Waals surface area (Å²) in [7, 11) is 0. The van der Waals surface area contributed by atoms with Crippen LogP contribution in [-0.4, -0.2) is 14.5 Å². The molecule has 66 valence electrons. The Morgan fingerprint density at radius 1 is 1.31 bits per heavy atom. The molecule has 0 N–H and O–H groups in total. The minimum absolute atomic E-state index is 0. The monoisotopic (exact) mass is 206 g/mol. The summed E-state index contributed by atoms with van der Waals surface area (Å²) in [6.45, 7) is 2.01. The standard InChI is InChI=1S/C9H12O2S.Na/c1-8-2-4-9(5-3-8)6-7-12(10)11;/h2-5H,6-7H2,1H3,(H,10,11);/q;+1/p-1. The van der Waals surface area contributed by atoms with Crippen molar-refractivity contribution in [2.75, 3.05) is 5.75 Å². The Hall–Kier alpha value is 0.330.